The number of aliphatic hydroxyl groups is 1. The summed E-state index contributed by atoms with van der Waals surface area (Å²) >= 11 is 0. The lowest BCUT2D eigenvalue weighted by Crippen LogP contribution is -2.30. The zero-order chi connectivity index (χ0) is 68.2. The highest BCUT2D eigenvalue weighted by atomic mass is 31.2. The van der Waals surface area contributed by atoms with Crippen molar-refractivity contribution in [3.63, 3.8) is 0 Å². The molecule has 3 N–H and O–H groups in total. The minimum absolute atomic E-state index is 0.108. The van der Waals surface area contributed by atoms with Gasteiger partial charge in [-0.2, -0.15) is 0 Å². The monoisotopic (exact) mass is 1370 g/mol. The highest BCUT2D eigenvalue weighted by molar-refractivity contribution is 7.47. The molecule has 0 amide bonds. The predicted octanol–water partition coefficient (Wildman–Crippen LogP) is 21.8. The molecule has 93 heavy (non-hydrogen) atoms. The summed E-state index contributed by atoms with van der Waals surface area (Å²) in [5.74, 6) is -2.11. The van der Waals surface area contributed by atoms with Gasteiger partial charge in [-0.1, -0.05) is 342 Å². The zero-order valence-electron chi connectivity index (χ0n) is 60.2. The number of hydrogen-bond acceptors (Lipinski definition) is 15. The number of unbranched alkanes of at least 4 members (excludes halogenated alkanes) is 49. The molecular formula is C74H144O17P2. The van der Waals surface area contributed by atoms with Gasteiger partial charge in [0, 0.05) is 25.7 Å². The first-order chi connectivity index (χ1) is 45.2. The van der Waals surface area contributed by atoms with Crippen LogP contribution in [0, 0.1) is 0 Å². The standard InChI is InChI=1S/C74H144O17P2/c1-5-9-13-17-21-25-28-31-33-35-37-40-43-47-51-55-59-72(77)85-65-70(91-74(79)61-57-53-49-45-41-38-36-34-32-29-26-22-18-14-10-6-2)67-89-93(82,83)87-63-68(75)62-86-92(80,81)88-66-69(64-84-71(76)58-54-50-46-42-24-20-16-12-8-4)90-73(78)60-56-52-48-44-39-30-27-23-19-15-11-7-3/h68-70,75H,5-67H2,1-4H3,(H,80,81)(H,82,83)/t68-,69+,70+/m0/s1. The molecule has 0 aliphatic carbocycles. The molecule has 0 radical (unpaired) electrons. The van der Waals surface area contributed by atoms with E-state index in [1.807, 2.05) is 0 Å². The van der Waals surface area contributed by atoms with E-state index in [2.05, 4.69) is 27.7 Å². The Balaban J connectivity index is 5.22. The molecule has 0 aromatic rings. The first-order valence-corrected chi connectivity index (χ1v) is 41.8. The quantitative estimate of drug-likeness (QED) is 0.0222. The molecule has 0 aliphatic heterocycles. The van der Waals surface area contributed by atoms with Gasteiger partial charge in [0.25, 0.3) is 0 Å². The number of aliphatic hydroxyl groups excluding tert-OH is 1. The van der Waals surface area contributed by atoms with Crippen LogP contribution in [0.4, 0.5) is 0 Å². The maximum absolute atomic E-state index is 13.1. The summed E-state index contributed by atoms with van der Waals surface area (Å²) in [4.78, 5) is 72.7. The van der Waals surface area contributed by atoms with Crippen molar-refractivity contribution in [1.82, 2.24) is 0 Å². The molecule has 552 valence electrons. The maximum atomic E-state index is 13.1. The fraction of sp³-hybridized carbons (Fsp3) is 0.946. The third kappa shape index (κ3) is 68.4. The van der Waals surface area contributed by atoms with Gasteiger partial charge < -0.3 is 33.8 Å². The summed E-state index contributed by atoms with van der Waals surface area (Å²) in [6.45, 7) is 4.97. The van der Waals surface area contributed by atoms with Crippen molar-refractivity contribution >= 4 is 39.5 Å². The fourth-order valence-electron chi connectivity index (χ4n) is 11.4. The second-order valence-corrected chi connectivity index (χ2v) is 29.6. The van der Waals surface area contributed by atoms with E-state index in [0.717, 1.165) is 89.9 Å². The van der Waals surface area contributed by atoms with Gasteiger partial charge in [0.2, 0.25) is 0 Å². The first kappa shape index (κ1) is 91.1. The summed E-state index contributed by atoms with van der Waals surface area (Å²) in [7, 11) is -9.90. The molecule has 0 saturated carbocycles. The molecule has 0 fully saturated rings. The maximum Gasteiger partial charge on any atom is 0.472 e. The number of ether oxygens (including phenoxy) is 4. The summed E-state index contributed by atoms with van der Waals surface area (Å²) in [5, 5.41) is 10.6. The number of carbonyl (C=O) groups excluding carboxylic acids is 4. The zero-order valence-corrected chi connectivity index (χ0v) is 62.0. The van der Waals surface area contributed by atoms with E-state index in [-0.39, 0.29) is 25.7 Å². The predicted molar refractivity (Wildman–Crippen MR) is 377 cm³/mol. The molecule has 0 rings (SSSR count). The van der Waals surface area contributed by atoms with E-state index in [9.17, 15) is 43.2 Å². The van der Waals surface area contributed by atoms with Gasteiger partial charge in [0.15, 0.2) is 12.2 Å². The van der Waals surface area contributed by atoms with E-state index >= 15 is 0 Å². The Hall–Kier alpha value is -1.94. The average Bonchev–Trinajstić information content (AvgIpc) is 2.74. The molecule has 2 unspecified atom stereocenters. The van der Waals surface area contributed by atoms with Crippen molar-refractivity contribution in [3.05, 3.63) is 0 Å². The van der Waals surface area contributed by atoms with Gasteiger partial charge in [-0.3, -0.25) is 37.3 Å². The van der Waals surface area contributed by atoms with Crippen LogP contribution in [0.5, 0.6) is 0 Å². The van der Waals surface area contributed by atoms with E-state index in [0.29, 0.717) is 25.7 Å². The third-order valence-corrected chi connectivity index (χ3v) is 19.3. The lowest BCUT2D eigenvalue weighted by Gasteiger charge is -2.21. The Bertz CT molecular complexity index is 1770. The molecule has 0 saturated heterocycles. The van der Waals surface area contributed by atoms with Crippen LogP contribution < -0.4 is 0 Å². The molecule has 0 aromatic carbocycles. The summed E-state index contributed by atoms with van der Waals surface area (Å²) in [6.07, 6.45) is 58.1. The summed E-state index contributed by atoms with van der Waals surface area (Å²) in [6, 6.07) is 0. The van der Waals surface area contributed by atoms with Crippen molar-refractivity contribution in [3.8, 4) is 0 Å². The molecule has 0 bridgehead atoms. The molecule has 17 nitrogen and oxygen atoms in total. The van der Waals surface area contributed by atoms with Gasteiger partial charge in [-0.25, -0.2) is 9.13 Å². The smallest absolute Gasteiger partial charge is 0.462 e. The van der Waals surface area contributed by atoms with Crippen LogP contribution in [0.15, 0.2) is 0 Å². The second kappa shape index (κ2) is 68.6. The van der Waals surface area contributed by atoms with E-state index < -0.39 is 97.5 Å². The van der Waals surface area contributed by atoms with Gasteiger partial charge in [-0.05, 0) is 25.7 Å². The number of rotatable bonds is 75. The third-order valence-electron chi connectivity index (χ3n) is 17.4. The number of phosphoric ester groups is 2. The van der Waals surface area contributed by atoms with Gasteiger partial charge >= 0.3 is 39.5 Å². The molecule has 19 heteroatoms. The van der Waals surface area contributed by atoms with Crippen molar-refractivity contribution in [2.75, 3.05) is 39.6 Å². The Morgan fingerprint density at radius 1 is 0.258 bits per heavy atom. The Morgan fingerprint density at radius 3 is 0.634 bits per heavy atom. The molecule has 5 atom stereocenters. The van der Waals surface area contributed by atoms with Gasteiger partial charge in [0.1, 0.15) is 19.3 Å². The molecule has 0 aromatic heterocycles. The van der Waals surface area contributed by atoms with Crippen LogP contribution in [0.3, 0.4) is 0 Å². The SMILES string of the molecule is CCCCCCCCCCCCCCCCCCC(=O)OC[C@H](COP(=O)(O)OC[C@@H](O)COP(=O)(O)OC[C@@H](COC(=O)CCCCCCCCCCC)OC(=O)CCCCCCCCCCCCCC)OC(=O)CCCCCCCCCCCCCCCCCC. The Kier molecular flexibility index (Phi) is 67.1. The van der Waals surface area contributed by atoms with Crippen molar-refractivity contribution in [2.45, 2.75) is 412 Å². The van der Waals surface area contributed by atoms with Gasteiger partial charge in [0.05, 0.1) is 26.4 Å². The highest BCUT2D eigenvalue weighted by Crippen LogP contribution is 2.45. The topological polar surface area (TPSA) is 237 Å². The van der Waals surface area contributed by atoms with Crippen molar-refractivity contribution in [1.29, 1.82) is 0 Å². The van der Waals surface area contributed by atoms with Crippen LogP contribution in [0.2, 0.25) is 0 Å². The summed E-state index contributed by atoms with van der Waals surface area (Å²) in [5.41, 5.74) is 0. The van der Waals surface area contributed by atoms with Crippen LogP contribution >= 0.6 is 15.6 Å². The lowest BCUT2D eigenvalue weighted by atomic mass is 10.0. The minimum Gasteiger partial charge on any atom is -0.462 e. The number of hydrogen-bond donors (Lipinski definition) is 3. The largest absolute Gasteiger partial charge is 0.472 e. The van der Waals surface area contributed by atoms with Crippen LogP contribution in [-0.4, -0.2) is 96.7 Å². The minimum atomic E-state index is -4.95. The lowest BCUT2D eigenvalue weighted by molar-refractivity contribution is -0.161. The van der Waals surface area contributed by atoms with Crippen molar-refractivity contribution in [2.24, 2.45) is 0 Å². The first-order valence-electron chi connectivity index (χ1n) is 38.8. The number of phosphoric acid groups is 2. The normalized spacial score (nSPS) is 13.9. The Morgan fingerprint density at radius 2 is 0.430 bits per heavy atom. The number of esters is 4. The fourth-order valence-corrected chi connectivity index (χ4v) is 13.0. The van der Waals surface area contributed by atoms with E-state index in [1.165, 1.54) is 225 Å². The van der Waals surface area contributed by atoms with Crippen molar-refractivity contribution < 1.29 is 80.2 Å². The average molecular weight is 1370 g/mol. The van der Waals surface area contributed by atoms with Crippen LogP contribution in [-0.2, 0) is 65.4 Å². The molecule has 0 spiro atoms. The van der Waals surface area contributed by atoms with Crippen LogP contribution in [0.25, 0.3) is 0 Å². The van der Waals surface area contributed by atoms with Gasteiger partial charge in [-0.15, -0.1) is 0 Å². The molecular weight excluding hydrogens is 1220 g/mol. The Labute approximate surface area is 568 Å². The van der Waals surface area contributed by atoms with E-state index in [4.69, 9.17) is 37.0 Å². The van der Waals surface area contributed by atoms with E-state index in [1.54, 1.807) is 0 Å². The summed E-state index contributed by atoms with van der Waals surface area (Å²) < 4.78 is 68.4. The molecule has 0 aliphatic rings. The highest BCUT2D eigenvalue weighted by Gasteiger charge is 2.30. The molecule has 0 heterocycles. The second-order valence-electron chi connectivity index (χ2n) is 26.7. The number of carbonyl (C=O) groups is 4. The van der Waals surface area contributed by atoms with Crippen LogP contribution in [0.1, 0.15) is 394 Å².